The van der Waals surface area contributed by atoms with Crippen LogP contribution < -0.4 is 10.1 Å². The van der Waals surface area contributed by atoms with Crippen LogP contribution in [-0.2, 0) is 19.7 Å². The topological polar surface area (TPSA) is 56.2 Å². The molecule has 5 nitrogen and oxygen atoms in total. The quantitative estimate of drug-likeness (QED) is 0.650. The minimum absolute atomic E-state index is 0.102. The van der Waals surface area contributed by atoms with Gasteiger partial charge in [-0.05, 0) is 55.1 Å². The molecule has 0 saturated carbocycles. The standard InChI is InChI=1S/C19H20ClN3O2S/c1-3-23-7-6-16(22-23)10-21-19(24)18-9-14(12-26-18)11-25-17-5-4-15(20)8-13(17)2/h4-9,12H,3,10-11H2,1-2H3,(H,21,24). The molecule has 0 unspecified atom stereocenters. The normalized spacial score (nSPS) is 10.7. The molecule has 3 aromatic rings. The third-order valence-corrected chi connectivity index (χ3v) is 5.07. The molecule has 136 valence electrons. The van der Waals surface area contributed by atoms with E-state index in [1.165, 1.54) is 11.3 Å². The predicted molar refractivity (Wildman–Crippen MR) is 104 cm³/mol. The summed E-state index contributed by atoms with van der Waals surface area (Å²) >= 11 is 7.36. The Balaban J connectivity index is 1.54. The van der Waals surface area contributed by atoms with E-state index in [1.807, 2.05) is 54.4 Å². The van der Waals surface area contributed by atoms with Gasteiger partial charge in [-0.25, -0.2) is 0 Å². The number of hydrogen-bond acceptors (Lipinski definition) is 4. The first-order chi connectivity index (χ1) is 12.5. The zero-order valence-electron chi connectivity index (χ0n) is 14.7. The molecule has 0 radical (unpaired) electrons. The number of thiophene rings is 1. The minimum Gasteiger partial charge on any atom is -0.489 e. The average molecular weight is 390 g/mol. The molecular formula is C19H20ClN3O2S. The van der Waals surface area contributed by atoms with Gasteiger partial charge in [0.25, 0.3) is 5.91 Å². The summed E-state index contributed by atoms with van der Waals surface area (Å²) in [6.45, 7) is 5.62. The van der Waals surface area contributed by atoms with Crippen molar-refractivity contribution in [2.75, 3.05) is 0 Å². The van der Waals surface area contributed by atoms with Gasteiger partial charge in [0, 0.05) is 23.3 Å². The lowest BCUT2D eigenvalue weighted by atomic mass is 10.2. The van der Waals surface area contributed by atoms with Crippen molar-refractivity contribution < 1.29 is 9.53 Å². The first kappa shape index (κ1) is 18.5. The zero-order valence-corrected chi connectivity index (χ0v) is 16.2. The molecule has 1 amide bonds. The van der Waals surface area contributed by atoms with E-state index in [-0.39, 0.29) is 5.91 Å². The lowest BCUT2D eigenvalue weighted by molar-refractivity contribution is 0.0954. The molecule has 3 rings (SSSR count). The Bertz CT molecular complexity index is 904. The third-order valence-electron chi connectivity index (χ3n) is 3.86. The number of amides is 1. The lowest BCUT2D eigenvalue weighted by Gasteiger charge is -2.08. The van der Waals surface area contributed by atoms with Crippen LogP contribution in [0.4, 0.5) is 0 Å². The molecule has 0 aliphatic rings. The molecule has 1 N–H and O–H groups in total. The number of nitrogens with zero attached hydrogens (tertiary/aromatic N) is 2. The molecule has 26 heavy (non-hydrogen) atoms. The summed E-state index contributed by atoms with van der Waals surface area (Å²) in [5.41, 5.74) is 2.79. The number of rotatable bonds is 7. The van der Waals surface area contributed by atoms with E-state index in [9.17, 15) is 4.79 Å². The van der Waals surface area contributed by atoms with Gasteiger partial charge in [0.1, 0.15) is 12.4 Å². The second kappa shape index (κ2) is 8.38. The molecule has 0 bridgehead atoms. The van der Waals surface area contributed by atoms with Crippen LogP contribution in [0.1, 0.15) is 33.4 Å². The fraction of sp³-hybridized carbons (Fsp3) is 0.263. The van der Waals surface area contributed by atoms with Crippen molar-refractivity contribution >= 4 is 28.8 Å². The van der Waals surface area contributed by atoms with Crippen LogP contribution >= 0.6 is 22.9 Å². The van der Waals surface area contributed by atoms with E-state index >= 15 is 0 Å². The van der Waals surface area contributed by atoms with Crippen molar-refractivity contribution in [3.8, 4) is 5.75 Å². The Hall–Kier alpha value is -2.31. The van der Waals surface area contributed by atoms with E-state index in [0.717, 1.165) is 29.1 Å². The Labute approximate surface area is 161 Å². The van der Waals surface area contributed by atoms with E-state index in [0.29, 0.717) is 23.1 Å². The van der Waals surface area contributed by atoms with Gasteiger partial charge < -0.3 is 10.1 Å². The number of aromatic nitrogens is 2. The molecule has 0 aliphatic carbocycles. The van der Waals surface area contributed by atoms with Gasteiger partial charge in [0.05, 0.1) is 17.1 Å². The maximum Gasteiger partial charge on any atom is 0.261 e. The van der Waals surface area contributed by atoms with Crippen molar-refractivity contribution in [1.82, 2.24) is 15.1 Å². The van der Waals surface area contributed by atoms with Gasteiger partial charge in [-0.2, -0.15) is 5.10 Å². The van der Waals surface area contributed by atoms with Crippen LogP contribution in [0.15, 0.2) is 41.9 Å². The maximum atomic E-state index is 12.3. The molecule has 0 spiro atoms. The average Bonchev–Trinajstić information content (AvgIpc) is 3.28. The second-order valence-electron chi connectivity index (χ2n) is 5.86. The Kier molecular flexibility index (Phi) is 5.96. The van der Waals surface area contributed by atoms with E-state index in [4.69, 9.17) is 16.3 Å². The van der Waals surface area contributed by atoms with Crippen LogP contribution in [0.2, 0.25) is 5.02 Å². The Morgan fingerprint density at radius 3 is 2.92 bits per heavy atom. The number of hydrogen-bond donors (Lipinski definition) is 1. The third kappa shape index (κ3) is 4.65. The first-order valence-corrected chi connectivity index (χ1v) is 9.58. The largest absolute Gasteiger partial charge is 0.489 e. The summed E-state index contributed by atoms with van der Waals surface area (Å²) < 4.78 is 7.65. The highest BCUT2D eigenvalue weighted by Gasteiger charge is 2.10. The van der Waals surface area contributed by atoms with Crippen molar-refractivity contribution in [2.24, 2.45) is 0 Å². The first-order valence-electron chi connectivity index (χ1n) is 8.32. The van der Waals surface area contributed by atoms with Gasteiger partial charge in [0.2, 0.25) is 0 Å². The number of benzene rings is 1. The van der Waals surface area contributed by atoms with Gasteiger partial charge >= 0.3 is 0 Å². The number of carbonyl (C=O) groups is 1. The second-order valence-corrected chi connectivity index (χ2v) is 7.21. The van der Waals surface area contributed by atoms with Crippen molar-refractivity contribution in [1.29, 1.82) is 0 Å². The predicted octanol–water partition coefficient (Wildman–Crippen LogP) is 4.44. The van der Waals surface area contributed by atoms with Gasteiger partial charge in [0.15, 0.2) is 0 Å². The molecule has 0 saturated heterocycles. The van der Waals surface area contributed by atoms with Crippen LogP contribution in [0.5, 0.6) is 5.75 Å². The summed E-state index contributed by atoms with van der Waals surface area (Å²) in [5.74, 6) is 0.688. The molecule has 0 fully saturated rings. The van der Waals surface area contributed by atoms with E-state index < -0.39 is 0 Å². The van der Waals surface area contributed by atoms with Crippen LogP contribution in [-0.4, -0.2) is 15.7 Å². The summed E-state index contributed by atoms with van der Waals surface area (Å²) in [6, 6.07) is 9.29. The van der Waals surface area contributed by atoms with Crippen molar-refractivity contribution in [3.05, 3.63) is 68.6 Å². The SMILES string of the molecule is CCn1ccc(CNC(=O)c2cc(COc3ccc(Cl)cc3C)cs2)n1. The molecule has 0 aliphatic heterocycles. The fourth-order valence-corrected chi connectivity index (χ4v) is 3.48. The van der Waals surface area contributed by atoms with Gasteiger partial charge in [-0.3, -0.25) is 9.48 Å². The van der Waals surface area contributed by atoms with Crippen LogP contribution in [0, 0.1) is 6.92 Å². The van der Waals surface area contributed by atoms with Gasteiger partial charge in [-0.1, -0.05) is 11.6 Å². The molecule has 2 aromatic heterocycles. The minimum atomic E-state index is -0.102. The highest BCUT2D eigenvalue weighted by molar-refractivity contribution is 7.12. The van der Waals surface area contributed by atoms with E-state index in [1.54, 1.807) is 6.07 Å². The smallest absolute Gasteiger partial charge is 0.261 e. The van der Waals surface area contributed by atoms with Crippen molar-refractivity contribution in [2.45, 2.75) is 33.5 Å². The number of aryl methyl sites for hydroxylation is 2. The lowest BCUT2D eigenvalue weighted by Crippen LogP contribution is -2.22. The Morgan fingerprint density at radius 2 is 2.19 bits per heavy atom. The summed E-state index contributed by atoms with van der Waals surface area (Å²) in [5, 5.41) is 9.87. The number of nitrogens with one attached hydrogen (secondary N) is 1. The summed E-state index contributed by atoms with van der Waals surface area (Å²) in [7, 11) is 0. The molecule has 2 heterocycles. The zero-order chi connectivity index (χ0) is 18.5. The fourth-order valence-electron chi connectivity index (χ4n) is 2.44. The molecule has 7 heteroatoms. The van der Waals surface area contributed by atoms with E-state index in [2.05, 4.69) is 10.4 Å². The molecular weight excluding hydrogens is 370 g/mol. The molecule has 0 atom stereocenters. The summed E-state index contributed by atoms with van der Waals surface area (Å²) in [6.07, 6.45) is 1.90. The van der Waals surface area contributed by atoms with Gasteiger partial charge in [-0.15, -0.1) is 11.3 Å². The molecule has 1 aromatic carbocycles. The van der Waals surface area contributed by atoms with Crippen molar-refractivity contribution in [3.63, 3.8) is 0 Å². The van der Waals surface area contributed by atoms with Crippen LogP contribution in [0.3, 0.4) is 0 Å². The number of ether oxygens (including phenoxy) is 1. The number of halogens is 1. The maximum absolute atomic E-state index is 12.3. The highest BCUT2D eigenvalue weighted by atomic mass is 35.5. The van der Waals surface area contributed by atoms with Crippen LogP contribution in [0.25, 0.3) is 0 Å². The number of carbonyl (C=O) groups excluding carboxylic acids is 1. The monoisotopic (exact) mass is 389 g/mol. The summed E-state index contributed by atoms with van der Waals surface area (Å²) in [4.78, 5) is 12.9. The highest BCUT2D eigenvalue weighted by Crippen LogP contribution is 2.23. The Morgan fingerprint density at radius 1 is 1.35 bits per heavy atom.